The van der Waals surface area contributed by atoms with E-state index in [-0.39, 0.29) is 12.2 Å². The molecule has 0 bridgehead atoms. The average molecular weight is 349 g/mol. The van der Waals surface area contributed by atoms with Crippen LogP contribution in [0.15, 0.2) is 59.3 Å². The van der Waals surface area contributed by atoms with Crippen molar-refractivity contribution < 1.29 is 13.9 Å². The van der Waals surface area contributed by atoms with Crippen LogP contribution in [0.5, 0.6) is 0 Å². The minimum atomic E-state index is -0.521. The van der Waals surface area contributed by atoms with E-state index in [9.17, 15) is 4.79 Å². The van der Waals surface area contributed by atoms with Gasteiger partial charge in [-0.15, -0.1) is 5.10 Å². The van der Waals surface area contributed by atoms with Crippen LogP contribution in [-0.2, 0) is 11.3 Å². The molecule has 0 aliphatic heterocycles. The predicted molar refractivity (Wildman–Crippen MR) is 93.6 cm³/mol. The van der Waals surface area contributed by atoms with Gasteiger partial charge in [0, 0.05) is 13.2 Å². The van der Waals surface area contributed by atoms with Gasteiger partial charge in [-0.3, -0.25) is 0 Å². The molecule has 0 spiro atoms. The number of esters is 1. The maximum atomic E-state index is 12.5. The van der Waals surface area contributed by atoms with Crippen LogP contribution in [-0.4, -0.2) is 32.6 Å². The van der Waals surface area contributed by atoms with Gasteiger partial charge in [0.15, 0.2) is 11.4 Å². The fourth-order valence-electron chi connectivity index (χ4n) is 2.50. The van der Waals surface area contributed by atoms with Gasteiger partial charge in [0.2, 0.25) is 11.8 Å². The molecule has 1 N–H and O–H groups in total. The second-order valence-corrected chi connectivity index (χ2v) is 5.46. The van der Waals surface area contributed by atoms with Crippen LogP contribution in [0.1, 0.15) is 15.9 Å². The topological polar surface area (TPSA) is 94.5 Å². The van der Waals surface area contributed by atoms with Crippen LogP contribution in [0.4, 0.5) is 5.95 Å². The second-order valence-electron chi connectivity index (χ2n) is 5.46. The molecule has 0 saturated carbocycles. The number of aromatic nitrogens is 4. The van der Waals surface area contributed by atoms with Crippen LogP contribution < -0.4 is 5.32 Å². The molecule has 8 heteroatoms. The first-order valence-electron chi connectivity index (χ1n) is 7.94. The molecule has 4 aromatic rings. The molecule has 3 aromatic heterocycles. The van der Waals surface area contributed by atoms with Crippen LogP contribution in [0, 0.1) is 0 Å². The number of benzene rings is 1. The van der Waals surface area contributed by atoms with Crippen molar-refractivity contribution in [2.75, 3.05) is 12.4 Å². The molecular weight excluding hydrogens is 334 g/mol. The fraction of sp³-hybridized carbons (Fsp3) is 0.111. The third-order valence-electron chi connectivity index (χ3n) is 3.76. The van der Waals surface area contributed by atoms with Gasteiger partial charge in [0.25, 0.3) is 0 Å². The summed E-state index contributed by atoms with van der Waals surface area (Å²) < 4.78 is 12.2. The fourth-order valence-corrected chi connectivity index (χ4v) is 2.50. The maximum Gasteiger partial charge on any atom is 0.343 e. The highest BCUT2D eigenvalue weighted by molar-refractivity contribution is 5.95. The van der Waals surface area contributed by atoms with Crippen LogP contribution in [0.3, 0.4) is 0 Å². The van der Waals surface area contributed by atoms with Crippen molar-refractivity contribution in [3.63, 3.8) is 0 Å². The first kappa shape index (κ1) is 15.8. The lowest BCUT2D eigenvalue weighted by atomic mass is 10.2. The maximum absolute atomic E-state index is 12.5. The largest absolute Gasteiger partial charge is 0.461 e. The second kappa shape index (κ2) is 6.67. The number of carbonyl (C=O) groups excluding carboxylic acids is 1. The van der Waals surface area contributed by atoms with Crippen molar-refractivity contribution in [3.05, 3.63) is 66.1 Å². The Bertz CT molecular complexity index is 1040. The summed E-state index contributed by atoms with van der Waals surface area (Å²) in [5.74, 6) is 0.785. The molecule has 130 valence electrons. The summed E-state index contributed by atoms with van der Waals surface area (Å²) in [6.07, 6.45) is 2.96. The first-order valence-corrected chi connectivity index (χ1v) is 7.94. The summed E-state index contributed by atoms with van der Waals surface area (Å²) in [6, 6.07) is 12.9. The standard InChI is InChI=1S/C18H15N5O3/c1-19-18-20-10-13(17(24)26-11-12-6-3-2-4-7-12)16-21-15(22-23(16)18)14-8-5-9-25-14/h2-10H,11H2,1H3,(H,19,20). The zero-order valence-electron chi connectivity index (χ0n) is 13.9. The van der Waals surface area contributed by atoms with Crippen LogP contribution in [0.2, 0.25) is 0 Å². The zero-order valence-corrected chi connectivity index (χ0v) is 13.9. The quantitative estimate of drug-likeness (QED) is 0.554. The minimum absolute atomic E-state index is 0.165. The number of ether oxygens (including phenoxy) is 1. The molecule has 3 heterocycles. The molecule has 26 heavy (non-hydrogen) atoms. The lowest BCUT2D eigenvalue weighted by Crippen LogP contribution is -2.11. The molecule has 0 aliphatic rings. The summed E-state index contributed by atoms with van der Waals surface area (Å²) in [7, 11) is 1.71. The van der Waals surface area contributed by atoms with E-state index in [1.54, 1.807) is 19.2 Å². The molecule has 0 radical (unpaired) electrons. The highest BCUT2D eigenvalue weighted by Gasteiger charge is 2.20. The summed E-state index contributed by atoms with van der Waals surface area (Å²) >= 11 is 0. The predicted octanol–water partition coefficient (Wildman–Crippen LogP) is 2.78. The number of rotatable bonds is 5. The van der Waals surface area contributed by atoms with Crippen molar-refractivity contribution in [3.8, 4) is 11.6 Å². The molecule has 0 saturated heterocycles. The van der Waals surface area contributed by atoms with E-state index in [0.29, 0.717) is 23.2 Å². The summed E-state index contributed by atoms with van der Waals surface area (Å²) in [4.78, 5) is 21.2. The van der Waals surface area contributed by atoms with E-state index in [1.807, 2.05) is 30.3 Å². The number of fused-ring (bicyclic) bond motifs is 1. The van der Waals surface area contributed by atoms with E-state index >= 15 is 0 Å². The van der Waals surface area contributed by atoms with E-state index in [0.717, 1.165) is 5.56 Å². The Morgan fingerprint density at radius 2 is 2.08 bits per heavy atom. The Balaban J connectivity index is 1.69. The van der Waals surface area contributed by atoms with Crippen LogP contribution >= 0.6 is 0 Å². The Labute approximate surface area is 148 Å². The minimum Gasteiger partial charge on any atom is -0.461 e. The van der Waals surface area contributed by atoms with Gasteiger partial charge in [-0.25, -0.2) is 14.8 Å². The Hall–Kier alpha value is -3.68. The highest BCUT2D eigenvalue weighted by Crippen LogP contribution is 2.21. The molecule has 0 atom stereocenters. The number of furan rings is 1. The van der Waals surface area contributed by atoms with Gasteiger partial charge >= 0.3 is 5.97 Å². The van der Waals surface area contributed by atoms with Crippen molar-refractivity contribution in [2.45, 2.75) is 6.61 Å². The van der Waals surface area contributed by atoms with E-state index in [2.05, 4.69) is 20.4 Å². The smallest absolute Gasteiger partial charge is 0.343 e. The lowest BCUT2D eigenvalue weighted by molar-refractivity contribution is 0.0474. The van der Waals surface area contributed by atoms with Gasteiger partial charge in [-0.2, -0.15) is 4.52 Å². The van der Waals surface area contributed by atoms with Crippen molar-refractivity contribution in [1.29, 1.82) is 0 Å². The van der Waals surface area contributed by atoms with Gasteiger partial charge < -0.3 is 14.5 Å². The van der Waals surface area contributed by atoms with E-state index in [1.165, 1.54) is 17.0 Å². The highest BCUT2D eigenvalue weighted by atomic mass is 16.5. The van der Waals surface area contributed by atoms with Crippen molar-refractivity contribution in [1.82, 2.24) is 19.6 Å². The third-order valence-corrected chi connectivity index (χ3v) is 3.76. The molecule has 0 fully saturated rings. The Morgan fingerprint density at radius 3 is 2.81 bits per heavy atom. The lowest BCUT2D eigenvalue weighted by Gasteiger charge is -2.07. The zero-order chi connectivity index (χ0) is 17.9. The number of nitrogens with one attached hydrogen (secondary N) is 1. The molecule has 0 aliphatic carbocycles. The van der Waals surface area contributed by atoms with Crippen molar-refractivity contribution in [2.24, 2.45) is 0 Å². The normalized spacial score (nSPS) is 10.8. The number of hydrogen-bond acceptors (Lipinski definition) is 7. The molecule has 0 unspecified atom stereocenters. The summed E-state index contributed by atoms with van der Waals surface area (Å²) in [5, 5.41) is 7.29. The summed E-state index contributed by atoms with van der Waals surface area (Å²) in [6.45, 7) is 0.165. The van der Waals surface area contributed by atoms with E-state index < -0.39 is 5.97 Å². The summed E-state index contributed by atoms with van der Waals surface area (Å²) in [5.41, 5.74) is 1.47. The Kier molecular flexibility index (Phi) is 4.06. The molecule has 8 nitrogen and oxygen atoms in total. The molecule has 1 aromatic carbocycles. The SMILES string of the molecule is CNc1ncc(C(=O)OCc2ccccc2)c2nc(-c3ccco3)nn12. The van der Waals surface area contributed by atoms with Crippen LogP contribution in [0.25, 0.3) is 17.2 Å². The van der Waals surface area contributed by atoms with Gasteiger partial charge in [-0.1, -0.05) is 30.3 Å². The van der Waals surface area contributed by atoms with E-state index in [4.69, 9.17) is 9.15 Å². The van der Waals surface area contributed by atoms with Gasteiger partial charge in [0.05, 0.1) is 6.26 Å². The molecular formula is C18H15N5O3. The van der Waals surface area contributed by atoms with Gasteiger partial charge in [-0.05, 0) is 17.7 Å². The third kappa shape index (κ3) is 2.88. The first-order chi connectivity index (χ1) is 12.8. The number of hydrogen-bond donors (Lipinski definition) is 1. The number of anilines is 1. The number of carbonyl (C=O) groups is 1. The van der Waals surface area contributed by atoms with Crippen molar-refractivity contribution >= 4 is 17.6 Å². The molecule has 0 amide bonds. The van der Waals surface area contributed by atoms with Gasteiger partial charge in [0.1, 0.15) is 12.2 Å². The average Bonchev–Trinajstić information content (AvgIpc) is 3.35. The number of nitrogens with zero attached hydrogens (tertiary/aromatic N) is 4. The molecule has 4 rings (SSSR count). The monoisotopic (exact) mass is 349 g/mol. The Morgan fingerprint density at radius 1 is 1.23 bits per heavy atom.